The minimum atomic E-state index is -4.38. The van der Waals surface area contributed by atoms with Gasteiger partial charge in [-0.1, -0.05) is 72.8 Å². The maximum Gasteiger partial charge on any atom is 0.416 e. The van der Waals surface area contributed by atoms with Crippen molar-refractivity contribution in [2.75, 3.05) is 13.1 Å². The van der Waals surface area contributed by atoms with E-state index in [9.17, 15) is 18.0 Å². The summed E-state index contributed by atoms with van der Waals surface area (Å²) < 4.78 is 45.5. The Morgan fingerprint density at radius 3 is 2.18 bits per heavy atom. The van der Waals surface area contributed by atoms with Gasteiger partial charge in [-0.15, -0.1) is 0 Å². The molecule has 1 fully saturated rings. The minimum absolute atomic E-state index is 0.0188. The number of halogens is 3. The van der Waals surface area contributed by atoms with Gasteiger partial charge in [0.25, 0.3) is 0 Å². The summed E-state index contributed by atoms with van der Waals surface area (Å²) in [4.78, 5) is 22.2. The number of likely N-dealkylation sites (tertiary alicyclic amines) is 1. The van der Waals surface area contributed by atoms with Gasteiger partial charge in [0.1, 0.15) is 0 Å². The van der Waals surface area contributed by atoms with Gasteiger partial charge in [-0.2, -0.15) is 13.2 Å². The first kappa shape index (κ1) is 26.7. The zero-order valence-electron chi connectivity index (χ0n) is 21.4. The highest BCUT2D eigenvalue weighted by Crippen LogP contribution is 2.39. The molecule has 39 heavy (non-hydrogen) atoms. The number of carbonyl (C=O) groups excluding carboxylic acids is 1. The van der Waals surface area contributed by atoms with E-state index in [0.29, 0.717) is 25.1 Å². The van der Waals surface area contributed by atoms with Gasteiger partial charge >= 0.3 is 6.18 Å². The Labute approximate surface area is 225 Å². The van der Waals surface area contributed by atoms with Crippen molar-refractivity contribution in [2.24, 2.45) is 5.92 Å². The fraction of sp³-hybridized carbons (Fsp3) is 0.290. The highest BCUT2D eigenvalue weighted by Gasteiger charge is 2.38. The summed E-state index contributed by atoms with van der Waals surface area (Å²) in [5.41, 5.74) is 3.01. The number of benzene rings is 3. The first-order chi connectivity index (χ1) is 18.9. The third kappa shape index (κ3) is 6.57. The lowest BCUT2D eigenvalue weighted by molar-refractivity contribution is -0.138. The van der Waals surface area contributed by atoms with E-state index in [1.165, 1.54) is 12.1 Å². The SMILES string of the molecule is O=C(Cc1cnc[nH]1)N1CCC(OCc2ccc(C(F)(F)F)cc2)C(C(c2ccccc2)c2ccccc2)C1. The van der Waals surface area contributed by atoms with Crippen LogP contribution in [0.1, 0.15) is 40.3 Å². The van der Waals surface area contributed by atoms with Crippen molar-refractivity contribution in [2.45, 2.75) is 37.6 Å². The molecular weight excluding hydrogens is 503 g/mol. The number of nitrogens with one attached hydrogen (secondary N) is 1. The maximum absolute atomic E-state index is 13.3. The number of alkyl halides is 3. The zero-order chi connectivity index (χ0) is 27.2. The third-order valence-corrected chi connectivity index (χ3v) is 7.33. The predicted octanol–water partition coefficient (Wildman–Crippen LogP) is 6.24. The number of rotatable bonds is 8. The van der Waals surface area contributed by atoms with Crippen molar-refractivity contribution in [3.05, 3.63) is 125 Å². The lowest BCUT2D eigenvalue weighted by Crippen LogP contribution is -2.49. The van der Waals surface area contributed by atoms with Crippen molar-refractivity contribution < 1.29 is 22.7 Å². The van der Waals surface area contributed by atoms with Crippen molar-refractivity contribution in [3.63, 3.8) is 0 Å². The molecule has 0 aliphatic carbocycles. The predicted molar refractivity (Wildman–Crippen MR) is 142 cm³/mol. The van der Waals surface area contributed by atoms with Crippen LogP contribution in [0, 0.1) is 5.92 Å². The lowest BCUT2D eigenvalue weighted by Gasteiger charge is -2.42. The van der Waals surface area contributed by atoms with E-state index in [2.05, 4.69) is 34.2 Å². The summed E-state index contributed by atoms with van der Waals surface area (Å²) in [7, 11) is 0. The summed E-state index contributed by atoms with van der Waals surface area (Å²) in [5.74, 6) is -0.0817. The number of H-pyrrole nitrogens is 1. The topological polar surface area (TPSA) is 58.2 Å². The Morgan fingerprint density at radius 2 is 1.62 bits per heavy atom. The van der Waals surface area contributed by atoms with Crippen LogP contribution < -0.4 is 0 Å². The van der Waals surface area contributed by atoms with E-state index in [1.54, 1.807) is 12.5 Å². The summed E-state index contributed by atoms with van der Waals surface area (Å²) >= 11 is 0. The van der Waals surface area contributed by atoms with E-state index in [0.717, 1.165) is 29.0 Å². The maximum atomic E-state index is 13.3. The molecule has 1 saturated heterocycles. The minimum Gasteiger partial charge on any atom is -0.373 e. The van der Waals surface area contributed by atoms with Crippen LogP contribution in [-0.2, 0) is 28.7 Å². The standard InChI is InChI=1S/C31H30F3N3O2/c32-31(33,34)25-13-11-22(12-14-25)20-39-28-15-16-37(29(38)17-26-18-35-21-36-26)19-27(28)30(23-7-3-1-4-8-23)24-9-5-2-6-10-24/h1-14,18,21,27-28,30H,15-17,19-20H2,(H,35,36). The zero-order valence-corrected chi connectivity index (χ0v) is 21.4. The number of amides is 1. The smallest absolute Gasteiger partial charge is 0.373 e. The normalized spacial score (nSPS) is 17.9. The van der Waals surface area contributed by atoms with Crippen molar-refractivity contribution in [3.8, 4) is 0 Å². The summed E-state index contributed by atoms with van der Waals surface area (Å²) in [6.07, 6.45) is -0.492. The van der Waals surface area contributed by atoms with Crippen LogP contribution in [0.2, 0.25) is 0 Å². The van der Waals surface area contributed by atoms with Crippen LogP contribution in [0.4, 0.5) is 13.2 Å². The molecule has 0 saturated carbocycles. The molecule has 4 aromatic rings. The molecule has 3 aromatic carbocycles. The molecule has 1 amide bonds. The summed E-state index contributed by atoms with van der Waals surface area (Å²) in [6.45, 7) is 1.23. The second-order valence-corrected chi connectivity index (χ2v) is 9.89. The van der Waals surface area contributed by atoms with E-state index in [4.69, 9.17) is 4.74 Å². The Morgan fingerprint density at radius 1 is 0.974 bits per heavy atom. The highest BCUT2D eigenvalue weighted by molar-refractivity contribution is 5.78. The number of hydrogen-bond acceptors (Lipinski definition) is 3. The van der Waals surface area contributed by atoms with Crippen LogP contribution in [0.5, 0.6) is 0 Å². The van der Waals surface area contributed by atoms with Crippen molar-refractivity contribution in [1.82, 2.24) is 14.9 Å². The molecule has 0 bridgehead atoms. The number of hydrogen-bond donors (Lipinski definition) is 1. The second kappa shape index (κ2) is 11.9. The second-order valence-electron chi connectivity index (χ2n) is 9.89. The average Bonchev–Trinajstić information content (AvgIpc) is 3.46. The van der Waals surface area contributed by atoms with E-state index < -0.39 is 11.7 Å². The summed E-state index contributed by atoms with van der Waals surface area (Å²) in [6, 6.07) is 25.5. The largest absolute Gasteiger partial charge is 0.416 e. The van der Waals surface area contributed by atoms with Crippen LogP contribution in [0.25, 0.3) is 0 Å². The molecule has 0 spiro atoms. The molecule has 2 atom stereocenters. The van der Waals surface area contributed by atoms with Crippen molar-refractivity contribution >= 4 is 5.91 Å². The molecule has 5 nitrogen and oxygen atoms in total. The molecule has 8 heteroatoms. The van der Waals surface area contributed by atoms with Gasteiger partial charge in [-0.25, -0.2) is 4.98 Å². The van der Waals surface area contributed by atoms with E-state index in [-0.39, 0.29) is 36.9 Å². The molecule has 5 rings (SSSR count). The van der Waals surface area contributed by atoms with Gasteiger partial charge in [0, 0.05) is 36.8 Å². The van der Waals surface area contributed by atoms with Crippen LogP contribution in [0.15, 0.2) is 97.5 Å². The lowest BCUT2D eigenvalue weighted by atomic mass is 9.75. The molecule has 2 heterocycles. The first-order valence-corrected chi connectivity index (χ1v) is 13.0. The number of piperidine rings is 1. The number of aromatic nitrogens is 2. The van der Waals surface area contributed by atoms with Crippen LogP contribution in [-0.4, -0.2) is 40.0 Å². The molecule has 202 valence electrons. The molecule has 1 N–H and O–H groups in total. The van der Waals surface area contributed by atoms with Gasteiger partial charge in [-0.3, -0.25) is 4.79 Å². The monoisotopic (exact) mass is 533 g/mol. The Hall–Kier alpha value is -3.91. The van der Waals surface area contributed by atoms with E-state index >= 15 is 0 Å². The Balaban J connectivity index is 1.41. The number of nitrogens with zero attached hydrogens (tertiary/aromatic N) is 2. The van der Waals surface area contributed by atoms with Crippen molar-refractivity contribution in [1.29, 1.82) is 0 Å². The summed E-state index contributed by atoms with van der Waals surface area (Å²) in [5, 5.41) is 0. The number of imidazole rings is 1. The molecule has 1 aromatic heterocycles. The molecule has 1 aliphatic heterocycles. The Bertz CT molecular complexity index is 1290. The number of carbonyl (C=O) groups is 1. The van der Waals surface area contributed by atoms with Crippen LogP contribution in [0.3, 0.4) is 0 Å². The van der Waals surface area contributed by atoms with E-state index in [1.807, 2.05) is 41.3 Å². The molecule has 0 radical (unpaired) electrons. The first-order valence-electron chi connectivity index (χ1n) is 13.0. The van der Waals surface area contributed by atoms with Gasteiger partial charge in [0.2, 0.25) is 5.91 Å². The molecule has 1 aliphatic rings. The van der Waals surface area contributed by atoms with Gasteiger partial charge in [0.15, 0.2) is 0 Å². The van der Waals surface area contributed by atoms with Gasteiger partial charge < -0.3 is 14.6 Å². The highest BCUT2D eigenvalue weighted by atomic mass is 19.4. The number of ether oxygens (including phenoxy) is 1. The van der Waals surface area contributed by atoms with Gasteiger partial charge in [0.05, 0.1) is 31.0 Å². The van der Waals surface area contributed by atoms with Crippen LogP contribution >= 0.6 is 0 Å². The quantitative estimate of drug-likeness (QED) is 0.292. The fourth-order valence-electron chi connectivity index (χ4n) is 5.37. The molecular formula is C31H30F3N3O2. The fourth-order valence-corrected chi connectivity index (χ4v) is 5.37. The van der Waals surface area contributed by atoms with Gasteiger partial charge in [-0.05, 0) is 35.2 Å². The Kier molecular flexibility index (Phi) is 8.12. The number of aromatic amines is 1. The average molecular weight is 534 g/mol. The molecule has 2 unspecified atom stereocenters. The third-order valence-electron chi connectivity index (χ3n) is 7.33.